The number of carbonyl (C=O) groups excluding carboxylic acids is 1. The zero-order valence-electron chi connectivity index (χ0n) is 10.4. The summed E-state index contributed by atoms with van der Waals surface area (Å²) in [5.41, 5.74) is 6.78. The summed E-state index contributed by atoms with van der Waals surface area (Å²) < 4.78 is 26.2. The molecule has 1 rings (SSSR count). The summed E-state index contributed by atoms with van der Waals surface area (Å²) >= 11 is 0. The van der Waals surface area contributed by atoms with Gasteiger partial charge in [-0.3, -0.25) is 4.79 Å². The Balaban J connectivity index is 2.71. The number of hydrogen-bond acceptors (Lipinski definition) is 4. The van der Waals surface area contributed by atoms with Crippen molar-refractivity contribution in [3.63, 3.8) is 0 Å². The molecule has 100 valence electrons. The van der Waals surface area contributed by atoms with Gasteiger partial charge in [-0.2, -0.15) is 0 Å². The number of amides is 1. The lowest BCUT2D eigenvalue weighted by Crippen LogP contribution is -2.33. The van der Waals surface area contributed by atoms with E-state index in [-0.39, 0.29) is 23.9 Å². The highest BCUT2D eigenvalue weighted by molar-refractivity contribution is 7.89. The molecule has 7 heteroatoms. The molecule has 1 amide bonds. The maximum absolute atomic E-state index is 11.9. The lowest BCUT2D eigenvalue weighted by molar-refractivity contribution is -0.118. The van der Waals surface area contributed by atoms with Crippen molar-refractivity contribution >= 4 is 21.6 Å². The summed E-state index contributed by atoms with van der Waals surface area (Å²) in [6, 6.07) is 4.63. The molecule has 0 bridgehead atoms. The second-order valence-corrected chi connectivity index (χ2v) is 5.73. The molecule has 1 aromatic rings. The Kier molecular flexibility index (Phi) is 4.69. The molecule has 0 atom stereocenters. The molecule has 0 saturated heterocycles. The van der Waals surface area contributed by atoms with Crippen molar-refractivity contribution in [3.05, 3.63) is 23.8 Å². The molecule has 0 aromatic heterocycles. The number of nitrogens with one attached hydrogen (secondary N) is 2. The van der Waals surface area contributed by atoms with E-state index < -0.39 is 10.0 Å². The Morgan fingerprint density at radius 3 is 2.50 bits per heavy atom. The lowest BCUT2D eigenvalue weighted by atomic mass is 10.2. The van der Waals surface area contributed by atoms with Crippen LogP contribution in [0, 0.1) is 6.92 Å². The van der Waals surface area contributed by atoms with Gasteiger partial charge in [-0.15, -0.1) is 0 Å². The molecular weight excluding hydrogens is 254 g/mol. The Morgan fingerprint density at radius 1 is 1.28 bits per heavy atom. The molecule has 0 aliphatic heterocycles. The number of benzene rings is 1. The second-order valence-electron chi connectivity index (χ2n) is 3.96. The molecule has 0 radical (unpaired) electrons. The fourth-order valence-corrected chi connectivity index (χ4v) is 2.61. The van der Waals surface area contributed by atoms with E-state index in [9.17, 15) is 13.2 Å². The Bertz CT molecular complexity index is 520. The van der Waals surface area contributed by atoms with E-state index in [2.05, 4.69) is 10.0 Å². The minimum absolute atomic E-state index is 0.128. The molecule has 0 fully saturated rings. The van der Waals surface area contributed by atoms with Crippen molar-refractivity contribution in [2.24, 2.45) is 0 Å². The van der Waals surface area contributed by atoms with Crippen molar-refractivity contribution < 1.29 is 13.2 Å². The van der Waals surface area contributed by atoms with E-state index >= 15 is 0 Å². The zero-order valence-corrected chi connectivity index (χ0v) is 11.2. The number of nitrogen functional groups attached to an aromatic ring is 1. The summed E-state index contributed by atoms with van der Waals surface area (Å²) in [5, 5.41) is 2.50. The number of nitrogens with two attached hydrogens (primary N) is 1. The highest BCUT2D eigenvalue weighted by Gasteiger charge is 2.14. The quantitative estimate of drug-likeness (QED) is 0.518. The van der Waals surface area contributed by atoms with Gasteiger partial charge in [0, 0.05) is 25.7 Å². The third-order valence-corrected chi connectivity index (χ3v) is 3.61. The molecule has 0 saturated carbocycles. The Labute approximate surface area is 107 Å². The molecule has 18 heavy (non-hydrogen) atoms. The molecule has 0 aliphatic rings. The number of sulfonamides is 1. The predicted octanol–water partition coefficient (Wildman–Crippen LogP) is -0.00838. The van der Waals surface area contributed by atoms with Gasteiger partial charge in [-0.1, -0.05) is 0 Å². The zero-order chi connectivity index (χ0) is 13.8. The summed E-state index contributed by atoms with van der Waals surface area (Å²) in [6.45, 7) is 3.52. The average molecular weight is 271 g/mol. The van der Waals surface area contributed by atoms with Gasteiger partial charge in [-0.25, -0.2) is 13.1 Å². The first-order valence-corrected chi connectivity index (χ1v) is 6.91. The van der Waals surface area contributed by atoms with Crippen molar-refractivity contribution in [1.82, 2.24) is 10.0 Å². The Hall–Kier alpha value is -1.60. The number of anilines is 1. The summed E-state index contributed by atoms with van der Waals surface area (Å²) in [5.74, 6) is -0.200. The molecular formula is C11H17N3O3S. The van der Waals surface area contributed by atoms with Gasteiger partial charge in [0.15, 0.2) is 0 Å². The van der Waals surface area contributed by atoms with Gasteiger partial charge in [0.2, 0.25) is 15.9 Å². The SMILES string of the molecule is CC(=O)NCCNS(=O)(=O)c1cc(C)cc(N)c1. The fourth-order valence-electron chi connectivity index (χ4n) is 1.44. The smallest absolute Gasteiger partial charge is 0.240 e. The highest BCUT2D eigenvalue weighted by Crippen LogP contribution is 2.15. The maximum Gasteiger partial charge on any atom is 0.240 e. The normalized spacial score (nSPS) is 11.2. The highest BCUT2D eigenvalue weighted by atomic mass is 32.2. The average Bonchev–Trinajstić information content (AvgIpc) is 2.23. The molecule has 0 spiro atoms. The van der Waals surface area contributed by atoms with Crippen molar-refractivity contribution in [1.29, 1.82) is 0 Å². The molecule has 0 heterocycles. The van der Waals surface area contributed by atoms with E-state index in [0.717, 1.165) is 5.56 Å². The van der Waals surface area contributed by atoms with Crippen molar-refractivity contribution in [2.75, 3.05) is 18.8 Å². The van der Waals surface area contributed by atoms with Crippen LogP contribution >= 0.6 is 0 Å². The van der Waals surface area contributed by atoms with E-state index in [1.165, 1.54) is 19.1 Å². The standard InChI is InChI=1S/C11H17N3O3S/c1-8-5-10(12)7-11(6-8)18(16,17)14-4-3-13-9(2)15/h5-7,14H,3-4,12H2,1-2H3,(H,13,15). The van der Waals surface area contributed by atoms with Gasteiger partial charge in [0.25, 0.3) is 0 Å². The molecule has 6 nitrogen and oxygen atoms in total. The van der Waals surface area contributed by atoms with E-state index in [1.807, 2.05) is 0 Å². The predicted molar refractivity (Wildman–Crippen MR) is 69.5 cm³/mol. The van der Waals surface area contributed by atoms with Gasteiger partial charge in [-0.05, 0) is 30.7 Å². The first-order valence-electron chi connectivity index (χ1n) is 5.42. The monoisotopic (exact) mass is 271 g/mol. The van der Waals surface area contributed by atoms with Gasteiger partial charge < -0.3 is 11.1 Å². The van der Waals surface area contributed by atoms with Crippen molar-refractivity contribution in [2.45, 2.75) is 18.7 Å². The minimum atomic E-state index is -3.58. The van der Waals surface area contributed by atoms with Gasteiger partial charge in [0.1, 0.15) is 0 Å². The van der Waals surface area contributed by atoms with Crippen LogP contribution in [0.3, 0.4) is 0 Å². The van der Waals surface area contributed by atoms with Crippen LogP contribution in [0.1, 0.15) is 12.5 Å². The van der Waals surface area contributed by atoms with Crippen LogP contribution in [-0.2, 0) is 14.8 Å². The topological polar surface area (TPSA) is 101 Å². The lowest BCUT2D eigenvalue weighted by Gasteiger charge is -2.08. The molecule has 0 unspecified atom stereocenters. The minimum Gasteiger partial charge on any atom is -0.399 e. The van der Waals surface area contributed by atoms with Gasteiger partial charge >= 0.3 is 0 Å². The number of carbonyl (C=O) groups is 1. The largest absolute Gasteiger partial charge is 0.399 e. The van der Waals surface area contributed by atoms with Crippen LogP contribution < -0.4 is 15.8 Å². The molecule has 0 aliphatic carbocycles. The van der Waals surface area contributed by atoms with Crippen LogP contribution in [0.4, 0.5) is 5.69 Å². The van der Waals surface area contributed by atoms with Crippen LogP contribution in [-0.4, -0.2) is 27.4 Å². The van der Waals surface area contributed by atoms with E-state index in [0.29, 0.717) is 5.69 Å². The molecule has 1 aromatic carbocycles. The summed E-state index contributed by atoms with van der Waals surface area (Å²) in [6.07, 6.45) is 0. The third kappa shape index (κ3) is 4.34. The number of rotatable bonds is 5. The van der Waals surface area contributed by atoms with Gasteiger partial charge in [0.05, 0.1) is 4.90 Å². The Morgan fingerprint density at radius 2 is 1.94 bits per heavy atom. The van der Waals surface area contributed by atoms with Crippen LogP contribution in [0.2, 0.25) is 0 Å². The van der Waals surface area contributed by atoms with Crippen molar-refractivity contribution in [3.8, 4) is 0 Å². The summed E-state index contributed by atoms with van der Waals surface area (Å²) in [7, 11) is -3.58. The second kappa shape index (κ2) is 5.83. The fraction of sp³-hybridized carbons (Fsp3) is 0.364. The van der Waals surface area contributed by atoms with E-state index in [1.54, 1.807) is 13.0 Å². The third-order valence-electron chi connectivity index (χ3n) is 2.17. The first-order chi connectivity index (χ1) is 8.31. The van der Waals surface area contributed by atoms with Crippen LogP contribution in [0.15, 0.2) is 23.1 Å². The maximum atomic E-state index is 11.9. The number of aryl methyl sites for hydroxylation is 1. The summed E-state index contributed by atoms with van der Waals surface area (Å²) in [4.78, 5) is 10.8. The van der Waals surface area contributed by atoms with Crippen LogP contribution in [0.5, 0.6) is 0 Å². The molecule has 4 N–H and O–H groups in total. The number of hydrogen-bond donors (Lipinski definition) is 3. The van der Waals surface area contributed by atoms with E-state index in [4.69, 9.17) is 5.73 Å². The van der Waals surface area contributed by atoms with Crippen LogP contribution in [0.25, 0.3) is 0 Å². The first kappa shape index (κ1) is 14.5.